The molecule has 2 aromatic carbocycles. The molecule has 0 saturated heterocycles. The van der Waals surface area contributed by atoms with Gasteiger partial charge in [-0.15, -0.1) is 0 Å². The summed E-state index contributed by atoms with van der Waals surface area (Å²) in [4.78, 5) is 26.1. The first-order chi connectivity index (χ1) is 13.2. The van der Waals surface area contributed by atoms with Gasteiger partial charge in [0, 0.05) is 24.6 Å². The molecule has 138 valence electrons. The third kappa shape index (κ3) is 5.07. The summed E-state index contributed by atoms with van der Waals surface area (Å²) in [5.41, 5.74) is 2.91. The fraction of sp³-hybridized carbons (Fsp3) is 0.182. The van der Waals surface area contributed by atoms with E-state index in [1.165, 1.54) is 12.0 Å². The van der Waals surface area contributed by atoms with Gasteiger partial charge in [-0.2, -0.15) is 0 Å². The van der Waals surface area contributed by atoms with Crippen molar-refractivity contribution in [2.45, 2.75) is 13.0 Å². The first-order valence-electron chi connectivity index (χ1n) is 8.76. The standard InChI is InChI=1S/C22H22N2O3/c1-27-22(26)17-24(16-19-7-3-2-4-8-19)21(25)15-18-9-11-20(12-10-18)23-13-5-6-14-23/h2-14H,15-17H2,1H3. The molecule has 5 nitrogen and oxygen atoms in total. The molecule has 0 spiro atoms. The van der Waals surface area contributed by atoms with Crippen molar-refractivity contribution in [3.8, 4) is 5.69 Å². The number of nitrogens with zero attached hydrogens (tertiary/aromatic N) is 2. The van der Waals surface area contributed by atoms with Gasteiger partial charge in [0.25, 0.3) is 0 Å². The van der Waals surface area contributed by atoms with Gasteiger partial charge in [0.2, 0.25) is 5.91 Å². The second kappa shape index (κ2) is 8.85. The van der Waals surface area contributed by atoms with Crippen LogP contribution >= 0.6 is 0 Å². The Morgan fingerprint density at radius 3 is 2.19 bits per heavy atom. The lowest BCUT2D eigenvalue weighted by atomic mass is 10.1. The SMILES string of the molecule is COC(=O)CN(Cc1ccccc1)C(=O)Cc1ccc(-n2cccc2)cc1. The topological polar surface area (TPSA) is 51.5 Å². The van der Waals surface area contributed by atoms with Crippen molar-refractivity contribution in [3.05, 3.63) is 90.3 Å². The summed E-state index contributed by atoms with van der Waals surface area (Å²) >= 11 is 0. The van der Waals surface area contributed by atoms with Gasteiger partial charge in [-0.25, -0.2) is 0 Å². The molecular formula is C22H22N2O3. The van der Waals surface area contributed by atoms with Crippen LogP contribution in [0.5, 0.6) is 0 Å². The molecule has 3 aromatic rings. The summed E-state index contributed by atoms with van der Waals surface area (Å²) in [7, 11) is 1.33. The molecule has 0 unspecified atom stereocenters. The average molecular weight is 362 g/mol. The Morgan fingerprint density at radius 1 is 0.889 bits per heavy atom. The fourth-order valence-corrected chi connectivity index (χ4v) is 2.84. The maximum absolute atomic E-state index is 12.8. The number of amides is 1. The minimum Gasteiger partial charge on any atom is -0.468 e. The summed E-state index contributed by atoms with van der Waals surface area (Å²) in [6.07, 6.45) is 4.17. The van der Waals surface area contributed by atoms with Crippen LogP contribution in [0.3, 0.4) is 0 Å². The van der Waals surface area contributed by atoms with Crippen LogP contribution in [0.1, 0.15) is 11.1 Å². The van der Waals surface area contributed by atoms with Gasteiger partial charge >= 0.3 is 5.97 Å². The number of carbonyl (C=O) groups is 2. The zero-order valence-corrected chi connectivity index (χ0v) is 15.2. The quantitative estimate of drug-likeness (QED) is 0.607. The minimum absolute atomic E-state index is 0.0638. The zero-order valence-electron chi connectivity index (χ0n) is 15.2. The van der Waals surface area contributed by atoms with Gasteiger partial charge in [0.05, 0.1) is 13.5 Å². The largest absolute Gasteiger partial charge is 0.468 e. The third-order valence-electron chi connectivity index (χ3n) is 4.31. The van der Waals surface area contributed by atoms with Crippen molar-refractivity contribution in [2.75, 3.05) is 13.7 Å². The van der Waals surface area contributed by atoms with Crippen LogP contribution in [-0.4, -0.2) is 35.0 Å². The number of hydrogen-bond acceptors (Lipinski definition) is 3. The maximum Gasteiger partial charge on any atom is 0.325 e. The molecule has 0 radical (unpaired) electrons. The van der Waals surface area contributed by atoms with E-state index in [4.69, 9.17) is 4.74 Å². The molecule has 0 aliphatic rings. The number of esters is 1. The summed E-state index contributed by atoms with van der Waals surface area (Å²) in [5.74, 6) is -0.541. The Morgan fingerprint density at radius 2 is 1.56 bits per heavy atom. The molecule has 0 aliphatic carbocycles. The molecule has 27 heavy (non-hydrogen) atoms. The van der Waals surface area contributed by atoms with Crippen LogP contribution < -0.4 is 0 Å². The van der Waals surface area contributed by atoms with Gasteiger partial charge in [0.1, 0.15) is 6.54 Å². The Labute approximate surface area is 158 Å². The summed E-state index contributed by atoms with van der Waals surface area (Å²) in [5, 5.41) is 0. The van der Waals surface area contributed by atoms with Crippen molar-refractivity contribution in [1.29, 1.82) is 0 Å². The van der Waals surface area contributed by atoms with Crippen molar-refractivity contribution in [2.24, 2.45) is 0 Å². The Hall–Kier alpha value is -3.34. The summed E-state index contributed by atoms with van der Waals surface area (Å²) < 4.78 is 6.74. The van der Waals surface area contributed by atoms with Crippen LogP contribution in [0.2, 0.25) is 0 Å². The highest BCUT2D eigenvalue weighted by atomic mass is 16.5. The molecular weight excluding hydrogens is 340 g/mol. The highest BCUT2D eigenvalue weighted by Crippen LogP contribution is 2.13. The van der Waals surface area contributed by atoms with Gasteiger partial charge in [-0.1, -0.05) is 42.5 Å². The Balaban J connectivity index is 1.70. The molecule has 1 heterocycles. The molecule has 0 bridgehead atoms. The molecule has 1 amide bonds. The van der Waals surface area contributed by atoms with E-state index in [1.807, 2.05) is 83.7 Å². The lowest BCUT2D eigenvalue weighted by Crippen LogP contribution is -2.36. The van der Waals surface area contributed by atoms with Crippen LogP contribution in [0, 0.1) is 0 Å². The normalized spacial score (nSPS) is 10.4. The maximum atomic E-state index is 12.8. The highest BCUT2D eigenvalue weighted by molar-refractivity contribution is 5.83. The van der Waals surface area contributed by atoms with E-state index in [9.17, 15) is 9.59 Å². The number of hydrogen-bond donors (Lipinski definition) is 0. The van der Waals surface area contributed by atoms with Crippen LogP contribution in [0.15, 0.2) is 79.1 Å². The third-order valence-corrected chi connectivity index (χ3v) is 4.31. The van der Waals surface area contributed by atoms with E-state index < -0.39 is 5.97 Å². The van der Waals surface area contributed by atoms with Crippen LogP contribution in [-0.2, 0) is 27.3 Å². The molecule has 1 aromatic heterocycles. The molecule has 0 aliphatic heterocycles. The number of carbonyl (C=O) groups excluding carboxylic acids is 2. The van der Waals surface area contributed by atoms with E-state index in [0.29, 0.717) is 6.54 Å². The van der Waals surface area contributed by atoms with Gasteiger partial charge in [-0.05, 0) is 35.4 Å². The fourth-order valence-electron chi connectivity index (χ4n) is 2.84. The smallest absolute Gasteiger partial charge is 0.325 e. The van der Waals surface area contributed by atoms with Crippen molar-refractivity contribution >= 4 is 11.9 Å². The van der Waals surface area contributed by atoms with E-state index in [-0.39, 0.29) is 18.9 Å². The number of ether oxygens (including phenoxy) is 1. The molecule has 0 atom stereocenters. The number of rotatable bonds is 7. The number of benzene rings is 2. The van der Waals surface area contributed by atoms with E-state index in [0.717, 1.165) is 16.8 Å². The first kappa shape index (κ1) is 18.5. The predicted octanol–water partition coefficient (Wildman–Crippen LogP) is 3.22. The molecule has 0 fully saturated rings. The second-order valence-electron chi connectivity index (χ2n) is 6.25. The first-order valence-corrected chi connectivity index (χ1v) is 8.76. The Bertz CT molecular complexity index is 872. The lowest BCUT2D eigenvalue weighted by molar-refractivity contribution is -0.147. The number of aromatic nitrogens is 1. The minimum atomic E-state index is -0.428. The van der Waals surface area contributed by atoms with Crippen molar-refractivity contribution < 1.29 is 14.3 Å². The molecule has 0 N–H and O–H groups in total. The second-order valence-corrected chi connectivity index (χ2v) is 6.25. The molecule has 5 heteroatoms. The molecule has 3 rings (SSSR count). The zero-order chi connectivity index (χ0) is 19.1. The van der Waals surface area contributed by atoms with Gasteiger partial charge < -0.3 is 14.2 Å². The van der Waals surface area contributed by atoms with Crippen LogP contribution in [0.25, 0.3) is 5.69 Å². The Kier molecular flexibility index (Phi) is 6.05. The van der Waals surface area contributed by atoms with Crippen molar-refractivity contribution in [3.63, 3.8) is 0 Å². The van der Waals surface area contributed by atoms with Crippen LogP contribution in [0.4, 0.5) is 0 Å². The van der Waals surface area contributed by atoms with E-state index >= 15 is 0 Å². The van der Waals surface area contributed by atoms with E-state index in [1.54, 1.807) is 0 Å². The highest BCUT2D eigenvalue weighted by Gasteiger charge is 2.18. The number of methoxy groups -OCH3 is 1. The lowest BCUT2D eigenvalue weighted by Gasteiger charge is -2.22. The van der Waals surface area contributed by atoms with Gasteiger partial charge in [0.15, 0.2) is 0 Å². The average Bonchev–Trinajstić information content (AvgIpc) is 3.23. The summed E-state index contributed by atoms with van der Waals surface area (Å²) in [6, 6.07) is 21.4. The van der Waals surface area contributed by atoms with Gasteiger partial charge in [-0.3, -0.25) is 9.59 Å². The molecule has 0 saturated carbocycles. The monoisotopic (exact) mass is 362 g/mol. The van der Waals surface area contributed by atoms with Crippen molar-refractivity contribution in [1.82, 2.24) is 9.47 Å². The van der Waals surface area contributed by atoms with E-state index in [2.05, 4.69) is 0 Å². The predicted molar refractivity (Wildman–Crippen MR) is 103 cm³/mol. The summed E-state index contributed by atoms with van der Waals surface area (Å²) in [6.45, 7) is 0.307.